The van der Waals surface area contributed by atoms with Gasteiger partial charge in [0.2, 0.25) is 9.47 Å². The smallest absolute Gasteiger partial charge is 0.270 e. The second kappa shape index (κ2) is 9.45. The highest BCUT2D eigenvalue weighted by Gasteiger charge is 2.23. The van der Waals surface area contributed by atoms with E-state index in [1.165, 1.54) is 0 Å². The van der Waals surface area contributed by atoms with Gasteiger partial charge in [0.25, 0.3) is 15.9 Å². The number of nitrogens with one attached hydrogen (secondary N) is 2. The molecule has 0 spiro atoms. The molecule has 0 saturated carbocycles. The highest BCUT2D eigenvalue weighted by atomic mass is 35.5. The fraction of sp³-hybridized carbons (Fsp3) is 0.211. The van der Waals surface area contributed by atoms with E-state index in [2.05, 4.69) is 20.2 Å². The molecule has 1 aromatic heterocycles. The number of hydrogen-bond donors (Lipinski definition) is 2. The van der Waals surface area contributed by atoms with E-state index < -0.39 is 15.9 Å². The summed E-state index contributed by atoms with van der Waals surface area (Å²) in [7, 11) is -3.82. The number of carbonyl (C=O) groups excluding carboxylic acids is 1. The number of amides is 1. The number of rotatable bonds is 8. The molecule has 0 aliphatic carbocycles. The zero-order valence-corrected chi connectivity index (χ0v) is 17.9. The monoisotopic (exact) mass is 450 g/mol. The minimum atomic E-state index is -3.82. The number of sulfonamides is 1. The van der Waals surface area contributed by atoms with Gasteiger partial charge in [-0.2, -0.15) is 0 Å². The predicted octanol–water partition coefficient (Wildman–Crippen LogP) is 3.74. The summed E-state index contributed by atoms with van der Waals surface area (Å²) in [5.41, 5.74) is 1.52. The third-order valence-electron chi connectivity index (χ3n) is 4.03. The first-order valence-electron chi connectivity index (χ1n) is 8.80. The van der Waals surface area contributed by atoms with Gasteiger partial charge in [-0.05, 0) is 49.6 Å². The molecule has 3 rings (SSSR count). The zero-order valence-electron chi connectivity index (χ0n) is 15.5. The normalized spacial score (nSPS) is 12.5. The average Bonchev–Trinajstić information content (AvgIpc) is 3.17. The second-order valence-electron chi connectivity index (χ2n) is 6.38. The molecule has 2 N–H and O–H groups in total. The SMILES string of the molecule is CC(CCc1ccccc1)NS(=O)(=O)c1nnc(NC(=O)c2ccc(Cl)cc2)s1. The van der Waals surface area contributed by atoms with Crippen molar-refractivity contribution in [3.05, 3.63) is 70.7 Å². The molecular weight excluding hydrogens is 432 g/mol. The van der Waals surface area contributed by atoms with Gasteiger partial charge >= 0.3 is 0 Å². The summed E-state index contributed by atoms with van der Waals surface area (Å²) in [6, 6.07) is 15.9. The summed E-state index contributed by atoms with van der Waals surface area (Å²) in [5.74, 6) is -0.425. The minimum Gasteiger partial charge on any atom is -0.296 e. The first-order valence-corrected chi connectivity index (χ1v) is 11.5. The van der Waals surface area contributed by atoms with E-state index in [0.717, 1.165) is 23.3 Å². The van der Waals surface area contributed by atoms with E-state index in [4.69, 9.17) is 11.6 Å². The Labute approximate surface area is 178 Å². The molecule has 3 aromatic rings. The summed E-state index contributed by atoms with van der Waals surface area (Å²) in [6.45, 7) is 1.80. The lowest BCUT2D eigenvalue weighted by Gasteiger charge is -2.12. The molecule has 10 heteroatoms. The summed E-state index contributed by atoms with van der Waals surface area (Å²) in [4.78, 5) is 12.2. The van der Waals surface area contributed by atoms with Crippen LogP contribution in [0.1, 0.15) is 29.3 Å². The number of aryl methyl sites for hydroxylation is 1. The van der Waals surface area contributed by atoms with Crippen LogP contribution in [0.3, 0.4) is 0 Å². The first kappa shape index (κ1) is 21.4. The number of carbonyl (C=O) groups is 1. The van der Waals surface area contributed by atoms with Crippen LogP contribution in [0.15, 0.2) is 58.9 Å². The van der Waals surface area contributed by atoms with E-state index >= 15 is 0 Å². The van der Waals surface area contributed by atoms with Gasteiger partial charge in [0.05, 0.1) is 0 Å². The third kappa shape index (κ3) is 6.07. The Morgan fingerprint density at radius 3 is 2.48 bits per heavy atom. The summed E-state index contributed by atoms with van der Waals surface area (Å²) >= 11 is 6.59. The Morgan fingerprint density at radius 2 is 1.79 bits per heavy atom. The Morgan fingerprint density at radius 1 is 1.10 bits per heavy atom. The lowest BCUT2D eigenvalue weighted by Crippen LogP contribution is -2.32. The molecule has 0 radical (unpaired) electrons. The second-order valence-corrected chi connectivity index (χ2v) is 9.68. The molecule has 1 heterocycles. The van der Waals surface area contributed by atoms with Crippen LogP contribution in [-0.2, 0) is 16.4 Å². The molecule has 0 fully saturated rings. The van der Waals surface area contributed by atoms with Gasteiger partial charge in [0, 0.05) is 16.6 Å². The maximum Gasteiger partial charge on any atom is 0.270 e. The molecule has 29 heavy (non-hydrogen) atoms. The van der Waals surface area contributed by atoms with E-state index in [0.29, 0.717) is 17.0 Å². The van der Waals surface area contributed by atoms with Crippen molar-refractivity contribution < 1.29 is 13.2 Å². The number of halogens is 1. The Hall–Kier alpha value is -2.33. The molecule has 2 aromatic carbocycles. The van der Waals surface area contributed by atoms with Crippen molar-refractivity contribution >= 4 is 44.0 Å². The topological polar surface area (TPSA) is 101 Å². The van der Waals surface area contributed by atoms with Crippen LogP contribution in [0.2, 0.25) is 5.02 Å². The zero-order chi connectivity index (χ0) is 20.9. The molecule has 0 saturated heterocycles. The largest absolute Gasteiger partial charge is 0.296 e. The van der Waals surface area contributed by atoms with Crippen molar-refractivity contribution in [1.29, 1.82) is 0 Å². The lowest BCUT2D eigenvalue weighted by molar-refractivity contribution is 0.102. The first-order chi connectivity index (χ1) is 13.8. The van der Waals surface area contributed by atoms with Gasteiger partial charge < -0.3 is 0 Å². The van der Waals surface area contributed by atoms with Gasteiger partial charge in [0.1, 0.15) is 0 Å². The van der Waals surface area contributed by atoms with Crippen LogP contribution < -0.4 is 10.0 Å². The van der Waals surface area contributed by atoms with Crippen LogP contribution in [0, 0.1) is 0 Å². The molecule has 1 atom stereocenters. The number of benzene rings is 2. The fourth-order valence-corrected chi connectivity index (χ4v) is 4.86. The number of hydrogen-bond acceptors (Lipinski definition) is 6. The van der Waals surface area contributed by atoms with Crippen LogP contribution in [0.25, 0.3) is 0 Å². The number of aromatic nitrogens is 2. The maximum atomic E-state index is 12.5. The van der Waals surface area contributed by atoms with Crippen LogP contribution >= 0.6 is 22.9 Å². The maximum absolute atomic E-state index is 12.5. The number of nitrogens with zero attached hydrogens (tertiary/aromatic N) is 2. The minimum absolute atomic E-state index is 0.0993. The molecule has 0 bridgehead atoms. The summed E-state index contributed by atoms with van der Waals surface area (Å²) in [6.07, 6.45) is 1.39. The molecule has 1 unspecified atom stereocenters. The Bertz CT molecular complexity index is 1070. The van der Waals surface area contributed by atoms with Crippen molar-refractivity contribution in [2.45, 2.75) is 30.1 Å². The molecule has 0 aliphatic heterocycles. The predicted molar refractivity (Wildman–Crippen MR) is 114 cm³/mol. The van der Waals surface area contributed by atoms with Gasteiger partial charge in [-0.3, -0.25) is 10.1 Å². The Balaban J connectivity index is 1.59. The van der Waals surface area contributed by atoms with Gasteiger partial charge in [-0.15, -0.1) is 10.2 Å². The molecular formula is C19H19ClN4O3S2. The fourth-order valence-electron chi connectivity index (χ4n) is 2.54. The van der Waals surface area contributed by atoms with E-state index in [1.54, 1.807) is 31.2 Å². The summed E-state index contributed by atoms with van der Waals surface area (Å²) < 4.78 is 27.5. The Kier molecular flexibility index (Phi) is 6.96. The van der Waals surface area contributed by atoms with Crippen LogP contribution in [0.5, 0.6) is 0 Å². The van der Waals surface area contributed by atoms with Crippen molar-refractivity contribution in [1.82, 2.24) is 14.9 Å². The van der Waals surface area contributed by atoms with Crippen LogP contribution in [0.4, 0.5) is 5.13 Å². The lowest BCUT2D eigenvalue weighted by atomic mass is 10.1. The highest BCUT2D eigenvalue weighted by Crippen LogP contribution is 2.21. The highest BCUT2D eigenvalue weighted by molar-refractivity contribution is 7.91. The standard InChI is InChI=1S/C19H19ClN4O3S2/c1-13(7-8-14-5-3-2-4-6-14)24-29(26,27)19-23-22-18(28-19)21-17(25)15-9-11-16(20)12-10-15/h2-6,9-13,24H,7-8H2,1H3,(H,21,22,25). The van der Waals surface area contributed by atoms with E-state index in [1.807, 2.05) is 30.3 Å². The van der Waals surface area contributed by atoms with E-state index in [-0.39, 0.29) is 15.5 Å². The molecule has 7 nitrogen and oxygen atoms in total. The van der Waals surface area contributed by atoms with Gasteiger partial charge in [-0.1, -0.05) is 53.3 Å². The van der Waals surface area contributed by atoms with Crippen molar-refractivity contribution in [2.24, 2.45) is 0 Å². The molecule has 1 amide bonds. The molecule has 0 aliphatic rings. The third-order valence-corrected chi connectivity index (χ3v) is 7.08. The molecule has 152 valence electrons. The van der Waals surface area contributed by atoms with E-state index in [9.17, 15) is 13.2 Å². The van der Waals surface area contributed by atoms with Gasteiger partial charge in [0.15, 0.2) is 0 Å². The van der Waals surface area contributed by atoms with Crippen molar-refractivity contribution in [3.63, 3.8) is 0 Å². The van der Waals surface area contributed by atoms with Crippen LogP contribution in [-0.4, -0.2) is 30.6 Å². The quantitative estimate of drug-likeness (QED) is 0.509. The van der Waals surface area contributed by atoms with Crippen molar-refractivity contribution in [2.75, 3.05) is 5.32 Å². The number of anilines is 1. The van der Waals surface area contributed by atoms with Crippen molar-refractivity contribution in [3.8, 4) is 0 Å². The average molecular weight is 451 g/mol. The summed E-state index contributed by atoms with van der Waals surface area (Å²) in [5, 5.41) is 10.6. The van der Waals surface area contributed by atoms with Gasteiger partial charge in [-0.25, -0.2) is 13.1 Å².